The zero-order chi connectivity index (χ0) is 9.26. The van der Waals surface area contributed by atoms with E-state index in [1.165, 1.54) is 0 Å². The van der Waals surface area contributed by atoms with Crippen molar-refractivity contribution in [3.63, 3.8) is 0 Å². The zero-order valence-corrected chi connectivity index (χ0v) is 8.53. The molecule has 0 aromatic carbocycles. The standard InChI is InChI=1S/C9H9BrN2O/c10-8-6-7-2-1-3-11-9(7)12(8)4-5-13/h1-3,6,13H,4-5H2. The van der Waals surface area contributed by atoms with Gasteiger partial charge in [0.2, 0.25) is 0 Å². The maximum absolute atomic E-state index is 8.85. The second-order valence-corrected chi connectivity index (χ2v) is 3.57. The lowest BCUT2D eigenvalue weighted by atomic mass is 10.3. The van der Waals surface area contributed by atoms with Crippen LogP contribution in [0.3, 0.4) is 0 Å². The Hall–Kier alpha value is -0.870. The first-order chi connectivity index (χ1) is 6.33. The van der Waals surface area contributed by atoms with Gasteiger partial charge >= 0.3 is 0 Å². The van der Waals surface area contributed by atoms with Crippen LogP contribution in [0.5, 0.6) is 0 Å². The molecule has 1 N–H and O–H groups in total. The first kappa shape index (κ1) is 8.72. The van der Waals surface area contributed by atoms with E-state index in [4.69, 9.17) is 5.11 Å². The number of hydrogen-bond donors (Lipinski definition) is 1. The van der Waals surface area contributed by atoms with E-state index in [2.05, 4.69) is 20.9 Å². The first-order valence-electron chi connectivity index (χ1n) is 4.03. The monoisotopic (exact) mass is 240 g/mol. The van der Waals surface area contributed by atoms with Crippen LogP contribution in [-0.4, -0.2) is 21.3 Å². The van der Waals surface area contributed by atoms with Crippen molar-refractivity contribution in [2.45, 2.75) is 6.54 Å². The van der Waals surface area contributed by atoms with E-state index >= 15 is 0 Å². The number of halogens is 1. The molecule has 3 nitrogen and oxygen atoms in total. The number of hydrogen-bond acceptors (Lipinski definition) is 2. The van der Waals surface area contributed by atoms with Crippen molar-refractivity contribution in [3.8, 4) is 0 Å². The van der Waals surface area contributed by atoms with E-state index < -0.39 is 0 Å². The lowest BCUT2D eigenvalue weighted by Crippen LogP contribution is -2.02. The van der Waals surface area contributed by atoms with Crippen LogP contribution in [0.25, 0.3) is 11.0 Å². The van der Waals surface area contributed by atoms with Gasteiger partial charge in [-0.3, -0.25) is 0 Å². The predicted molar refractivity (Wildman–Crippen MR) is 54.5 cm³/mol. The Bertz CT molecular complexity index is 424. The fourth-order valence-corrected chi connectivity index (χ4v) is 1.96. The Balaban J connectivity index is 2.64. The summed E-state index contributed by atoms with van der Waals surface area (Å²) in [6.45, 7) is 0.694. The summed E-state index contributed by atoms with van der Waals surface area (Å²) >= 11 is 3.42. The minimum absolute atomic E-state index is 0.124. The number of aliphatic hydroxyl groups excluding tert-OH is 1. The SMILES string of the molecule is OCCn1c(Br)cc2cccnc21. The van der Waals surface area contributed by atoms with E-state index in [1.54, 1.807) is 6.20 Å². The molecule has 2 heterocycles. The lowest BCUT2D eigenvalue weighted by Gasteiger charge is -2.02. The van der Waals surface area contributed by atoms with Gasteiger partial charge in [0, 0.05) is 18.1 Å². The molecule has 0 amide bonds. The van der Waals surface area contributed by atoms with Gasteiger partial charge < -0.3 is 9.67 Å². The van der Waals surface area contributed by atoms with Crippen LogP contribution in [0.2, 0.25) is 0 Å². The van der Waals surface area contributed by atoms with Crippen LogP contribution in [0.4, 0.5) is 0 Å². The summed E-state index contributed by atoms with van der Waals surface area (Å²) < 4.78 is 2.89. The van der Waals surface area contributed by atoms with Crippen LogP contribution in [0.15, 0.2) is 29.0 Å². The number of fused-ring (bicyclic) bond motifs is 1. The summed E-state index contributed by atoms with van der Waals surface area (Å²) in [5.74, 6) is 0. The van der Waals surface area contributed by atoms with Crippen LogP contribution in [0, 0.1) is 0 Å². The molecule has 2 rings (SSSR count). The highest BCUT2D eigenvalue weighted by Gasteiger charge is 2.05. The average molecular weight is 241 g/mol. The molecule has 0 saturated heterocycles. The van der Waals surface area contributed by atoms with Gasteiger partial charge in [-0.25, -0.2) is 4.98 Å². The van der Waals surface area contributed by atoms with Gasteiger partial charge in [-0.15, -0.1) is 0 Å². The van der Waals surface area contributed by atoms with Gasteiger partial charge in [-0.1, -0.05) is 0 Å². The second-order valence-electron chi connectivity index (χ2n) is 2.76. The third kappa shape index (κ3) is 1.47. The fraction of sp³-hybridized carbons (Fsp3) is 0.222. The van der Waals surface area contributed by atoms with E-state index in [0.29, 0.717) is 6.54 Å². The van der Waals surface area contributed by atoms with E-state index in [9.17, 15) is 0 Å². The molecule has 0 radical (unpaired) electrons. The third-order valence-electron chi connectivity index (χ3n) is 1.93. The summed E-state index contributed by atoms with van der Waals surface area (Å²) in [5.41, 5.74) is 0.906. The number of aromatic nitrogens is 2. The summed E-state index contributed by atoms with van der Waals surface area (Å²) in [6.07, 6.45) is 1.75. The highest BCUT2D eigenvalue weighted by atomic mass is 79.9. The largest absolute Gasteiger partial charge is 0.395 e. The molecule has 0 unspecified atom stereocenters. The van der Waals surface area contributed by atoms with Crippen LogP contribution in [0.1, 0.15) is 0 Å². The average Bonchev–Trinajstić information content (AvgIpc) is 2.44. The lowest BCUT2D eigenvalue weighted by molar-refractivity contribution is 0.277. The normalized spacial score (nSPS) is 10.9. The summed E-state index contributed by atoms with van der Waals surface area (Å²) in [7, 11) is 0. The van der Waals surface area contributed by atoms with Gasteiger partial charge in [0.1, 0.15) is 5.65 Å². The van der Waals surface area contributed by atoms with Crippen LogP contribution < -0.4 is 0 Å². The molecular weight excluding hydrogens is 232 g/mol. The molecule has 0 aliphatic heterocycles. The van der Waals surface area contributed by atoms with Gasteiger partial charge in [0.15, 0.2) is 0 Å². The Morgan fingerprint density at radius 2 is 2.38 bits per heavy atom. The molecular formula is C9H9BrN2O. The molecule has 0 bridgehead atoms. The molecule has 13 heavy (non-hydrogen) atoms. The van der Waals surface area contributed by atoms with Crippen molar-refractivity contribution in [1.29, 1.82) is 0 Å². The van der Waals surface area contributed by atoms with Crippen molar-refractivity contribution < 1.29 is 5.11 Å². The Morgan fingerprint density at radius 1 is 1.54 bits per heavy atom. The van der Waals surface area contributed by atoms with Crippen molar-refractivity contribution in [3.05, 3.63) is 29.0 Å². The van der Waals surface area contributed by atoms with Gasteiger partial charge in [0.05, 0.1) is 11.2 Å². The maximum atomic E-state index is 8.85. The van der Waals surface area contributed by atoms with Gasteiger partial charge in [-0.2, -0.15) is 0 Å². The Kier molecular flexibility index (Phi) is 2.33. The van der Waals surface area contributed by atoms with Crippen molar-refractivity contribution in [2.24, 2.45) is 0 Å². The highest BCUT2D eigenvalue weighted by molar-refractivity contribution is 9.10. The number of rotatable bonds is 2. The second kappa shape index (κ2) is 3.47. The van der Waals surface area contributed by atoms with Crippen molar-refractivity contribution >= 4 is 27.0 Å². The minimum atomic E-state index is 0.124. The van der Waals surface area contributed by atoms with E-state index in [1.807, 2.05) is 22.8 Å². The molecule has 0 saturated carbocycles. The summed E-state index contributed by atoms with van der Waals surface area (Å²) in [4.78, 5) is 4.24. The molecule has 2 aromatic heterocycles. The van der Waals surface area contributed by atoms with Gasteiger partial charge in [0.25, 0.3) is 0 Å². The zero-order valence-electron chi connectivity index (χ0n) is 6.94. The Morgan fingerprint density at radius 3 is 3.15 bits per heavy atom. The molecule has 0 fully saturated rings. The smallest absolute Gasteiger partial charge is 0.140 e. The number of aliphatic hydroxyl groups is 1. The molecule has 4 heteroatoms. The first-order valence-corrected chi connectivity index (χ1v) is 4.83. The molecule has 2 aromatic rings. The van der Waals surface area contributed by atoms with E-state index in [0.717, 1.165) is 15.6 Å². The highest BCUT2D eigenvalue weighted by Crippen LogP contribution is 2.21. The minimum Gasteiger partial charge on any atom is -0.395 e. The van der Waals surface area contributed by atoms with Crippen LogP contribution >= 0.6 is 15.9 Å². The predicted octanol–water partition coefficient (Wildman–Crippen LogP) is 1.79. The quantitative estimate of drug-likeness (QED) is 0.870. The number of nitrogens with zero attached hydrogens (tertiary/aromatic N) is 2. The summed E-state index contributed by atoms with van der Waals surface area (Å²) in [5, 5.41) is 9.94. The van der Waals surface area contributed by atoms with Crippen LogP contribution in [-0.2, 0) is 6.54 Å². The van der Waals surface area contributed by atoms with E-state index in [-0.39, 0.29) is 6.61 Å². The van der Waals surface area contributed by atoms with Crippen molar-refractivity contribution in [1.82, 2.24) is 9.55 Å². The molecule has 0 spiro atoms. The third-order valence-corrected chi connectivity index (χ3v) is 2.59. The van der Waals surface area contributed by atoms with Crippen molar-refractivity contribution in [2.75, 3.05) is 6.61 Å². The maximum Gasteiger partial charge on any atom is 0.140 e. The molecule has 68 valence electrons. The topological polar surface area (TPSA) is 38.0 Å². The number of pyridine rings is 1. The van der Waals surface area contributed by atoms with Gasteiger partial charge in [-0.05, 0) is 34.1 Å². The molecule has 0 aliphatic rings. The fourth-order valence-electron chi connectivity index (χ4n) is 1.37. The summed E-state index contributed by atoms with van der Waals surface area (Å²) in [6, 6.07) is 5.90. The Labute approximate surface area is 84.1 Å². The molecule has 0 aliphatic carbocycles. The molecule has 0 atom stereocenters.